The Morgan fingerprint density at radius 1 is 0.872 bits per heavy atom. The van der Waals surface area contributed by atoms with E-state index in [-0.39, 0.29) is 29.7 Å². The molecule has 0 aromatic heterocycles. The van der Waals surface area contributed by atoms with Gasteiger partial charge in [-0.05, 0) is 79.4 Å². The molecule has 4 rings (SSSR count). The Hall–Kier alpha value is -4.15. The molecule has 0 saturated carbocycles. The van der Waals surface area contributed by atoms with Crippen molar-refractivity contribution in [3.05, 3.63) is 124 Å². The molecule has 0 radical (unpaired) electrons. The monoisotopic (exact) mass is 719 g/mol. The maximum atomic E-state index is 14.6. The minimum absolute atomic E-state index is 0.0170. The van der Waals surface area contributed by atoms with Crippen molar-refractivity contribution in [1.82, 2.24) is 10.2 Å². The Morgan fingerprint density at radius 3 is 2.15 bits per heavy atom. The number of hydrogen-bond donors (Lipinski definition) is 1. The predicted octanol–water partition coefficient (Wildman–Crippen LogP) is 6.76. The molecule has 8 nitrogen and oxygen atoms in total. The predicted molar refractivity (Wildman–Crippen MR) is 190 cm³/mol. The summed E-state index contributed by atoms with van der Waals surface area (Å²) in [4.78, 5) is 30.0. The number of rotatable bonds is 15. The Labute approximate surface area is 286 Å². The molecule has 4 aromatic rings. The maximum Gasteiger partial charge on any atom is 0.264 e. The summed E-state index contributed by atoms with van der Waals surface area (Å²) >= 11 is 3.51. The molecule has 0 aliphatic carbocycles. The van der Waals surface area contributed by atoms with Gasteiger partial charge in [-0.15, -0.1) is 0 Å². The van der Waals surface area contributed by atoms with E-state index in [0.29, 0.717) is 24.6 Å². The van der Waals surface area contributed by atoms with Crippen LogP contribution in [0.5, 0.6) is 5.75 Å². The molecule has 2 amide bonds. The Balaban J connectivity index is 1.79. The number of sulfonamides is 1. The highest BCUT2D eigenvalue weighted by atomic mass is 79.9. The number of carbonyl (C=O) groups is 2. The number of carbonyl (C=O) groups excluding carboxylic acids is 2. The zero-order chi connectivity index (χ0) is 34.0. The zero-order valence-electron chi connectivity index (χ0n) is 27.2. The van der Waals surface area contributed by atoms with E-state index in [9.17, 15) is 18.0 Å². The van der Waals surface area contributed by atoms with E-state index in [1.807, 2.05) is 82.3 Å². The number of benzene rings is 4. The van der Waals surface area contributed by atoms with Crippen LogP contribution in [0.4, 0.5) is 5.69 Å². The quantitative estimate of drug-likeness (QED) is 0.147. The lowest BCUT2D eigenvalue weighted by molar-refractivity contribution is -0.140. The number of hydrogen-bond acceptors (Lipinski definition) is 5. The molecule has 248 valence electrons. The Morgan fingerprint density at radius 2 is 1.53 bits per heavy atom. The first-order chi connectivity index (χ1) is 22.5. The third-order valence-corrected chi connectivity index (χ3v) is 9.80. The molecule has 0 unspecified atom stereocenters. The van der Waals surface area contributed by atoms with E-state index in [2.05, 4.69) is 21.2 Å². The van der Waals surface area contributed by atoms with Gasteiger partial charge in [0, 0.05) is 24.0 Å². The van der Waals surface area contributed by atoms with Crippen LogP contribution in [0.25, 0.3) is 0 Å². The second-order valence-electron chi connectivity index (χ2n) is 11.7. The molecule has 4 aromatic carbocycles. The summed E-state index contributed by atoms with van der Waals surface area (Å²) in [5, 5.41) is 3.01. The van der Waals surface area contributed by atoms with Crippen LogP contribution in [0.15, 0.2) is 112 Å². The smallest absolute Gasteiger partial charge is 0.264 e. The Bertz CT molecular complexity index is 1730. The molecule has 0 spiro atoms. The summed E-state index contributed by atoms with van der Waals surface area (Å²) in [5.41, 5.74) is 2.95. The van der Waals surface area contributed by atoms with Gasteiger partial charge in [-0.1, -0.05) is 89.9 Å². The van der Waals surface area contributed by atoms with Crippen LogP contribution in [-0.4, -0.2) is 50.9 Å². The van der Waals surface area contributed by atoms with Crippen LogP contribution in [0.3, 0.4) is 0 Å². The third kappa shape index (κ3) is 9.92. The fourth-order valence-corrected chi connectivity index (χ4v) is 6.91. The normalized spacial score (nSPS) is 12.0. The first-order valence-electron chi connectivity index (χ1n) is 15.7. The summed E-state index contributed by atoms with van der Waals surface area (Å²) in [6.07, 6.45) is 0.251. The lowest BCUT2D eigenvalue weighted by Crippen LogP contribution is -2.53. The molecule has 0 aliphatic rings. The minimum atomic E-state index is -4.21. The fraction of sp³-hybridized carbons (Fsp3) is 0.297. The van der Waals surface area contributed by atoms with Gasteiger partial charge in [0.2, 0.25) is 11.8 Å². The molecule has 1 N–H and O–H groups in total. The molecule has 0 aliphatic heterocycles. The summed E-state index contributed by atoms with van der Waals surface area (Å²) in [6, 6.07) is 29.2. The van der Waals surface area contributed by atoms with Crippen molar-refractivity contribution in [2.75, 3.05) is 24.0 Å². The number of nitrogens with zero attached hydrogens (tertiary/aromatic N) is 2. The van der Waals surface area contributed by atoms with Crippen molar-refractivity contribution >= 4 is 43.5 Å². The first-order valence-corrected chi connectivity index (χ1v) is 17.9. The summed E-state index contributed by atoms with van der Waals surface area (Å²) in [5.74, 6) is -0.0783. The van der Waals surface area contributed by atoms with E-state index < -0.39 is 28.5 Å². The molecular weight excluding hydrogens is 678 g/mol. The van der Waals surface area contributed by atoms with E-state index in [0.717, 1.165) is 25.5 Å². The highest BCUT2D eigenvalue weighted by Gasteiger charge is 2.34. The molecule has 47 heavy (non-hydrogen) atoms. The van der Waals surface area contributed by atoms with Crippen molar-refractivity contribution < 1.29 is 22.7 Å². The van der Waals surface area contributed by atoms with E-state index in [1.165, 1.54) is 17.0 Å². The van der Waals surface area contributed by atoms with Crippen molar-refractivity contribution in [3.63, 3.8) is 0 Å². The maximum absolute atomic E-state index is 14.6. The summed E-state index contributed by atoms with van der Waals surface area (Å²) in [6.45, 7) is 8.21. The van der Waals surface area contributed by atoms with Gasteiger partial charge in [-0.25, -0.2) is 8.42 Å². The van der Waals surface area contributed by atoms with E-state index in [4.69, 9.17) is 4.74 Å². The van der Waals surface area contributed by atoms with Crippen molar-refractivity contribution in [2.45, 2.75) is 51.6 Å². The van der Waals surface area contributed by atoms with Gasteiger partial charge < -0.3 is 15.0 Å². The van der Waals surface area contributed by atoms with Crippen LogP contribution in [-0.2, 0) is 32.6 Å². The lowest BCUT2D eigenvalue weighted by atomic mass is 10.0. The average molecular weight is 721 g/mol. The number of ether oxygens (including phenoxy) is 1. The number of halogens is 1. The molecule has 10 heteroatoms. The topological polar surface area (TPSA) is 96.0 Å². The van der Waals surface area contributed by atoms with Crippen LogP contribution < -0.4 is 14.4 Å². The van der Waals surface area contributed by atoms with Crippen molar-refractivity contribution in [3.8, 4) is 5.75 Å². The number of anilines is 1. The van der Waals surface area contributed by atoms with Crippen LogP contribution >= 0.6 is 15.9 Å². The van der Waals surface area contributed by atoms with E-state index in [1.54, 1.807) is 36.4 Å². The second kappa shape index (κ2) is 16.6. The van der Waals surface area contributed by atoms with Crippen LogP contribution in [0, 0.1) is 12.8 Å². The second-order valence-corrected chi connectivity index (χ2v) is 14.5. The minimum Gasteiger partial charge on any atom is -0.494 e. The van der Waals surface area contributed by atoms with Gasteiger partial charge in [0.15, 0.2) is 0 Å². The van der Waals surface area contributed by atoms with Gasteiger partial charge in [0.25, 0.3) is 10.0 Å². The fourth-order valence-electron chi connectivity index (χ4n) is 5.05. The molecule has 1 atom stereocenters. The molecule has 0 fully saturated rings. The SMILES string of the molecule is CCOc1ccc(S(=O)(=O)N(CC(=O)N(Cc2cccc(Br)c2)[C@H](Cc2ccccc2)C(=O)NCC(C)C)c2ccc(C)cc2)cc1. The van der Waals surface area contributed by atoms with Gasteiger partial charge in [0.05, 0.1) is 17.2 Å². The third-order valence-electron chi connectivity index (χ3n) is 7.52. The molecule has 0 saturated heterocycles. The highest BCUT2D eigenvalue weighted by Crippen LogP contribution is 2.27. The number of nitrogens with one attached hydrogen (secondary N) is 1. The summed E-state index contributed by atoms with van der Waals surface area (Å²) in [7, 11) is -4.21. The highest BCUT2D eigenvalue weighted by molar-refractivity contribution is 9.10. The van der Waals surface area contributed by atoms with Gasteiger partial charge in [-0.2, -0.15) is 0 Å². The number of aryl methyl sites for hydroxylation is 1. The zero-order valence-corrected chi connectivity index (χ0v) is 29.6. The Kier molecular flexibility index (Phi) is 12.6. The lowest BCUT2D eigenvalue weighted by Gasteiger charge is -2.34. The molecular formula is C37H42BrN3O5S. The van der Waals surface area contributed by atoms with Crippen LogP contribution in [0.2, 0.25) is 0 Å². The number of amides is 2. The van der Waals surface area contributed by atoms with E-state index >= 15 is 0 Å². The summed E-state index contributed by atoms with van der Waals surface area (Å²) < 4.78 is 36.0. The van der Waals surface area contributed by atoms with Gasteiger partial charge in [-0.3, -0.25) is 13.9 Å². The average Bonchev–Trinajstić information content (AvgIpc) is 3.05. The molecule has 0 bridgehead atoms. The largest absolute Gasteiger partial charge is 0.494 e. The first kappa shape index (κ1) is 35.7. The standard InChI is InChI=1S/C37H42BrN3O5S/c1-5-46-33-18-20-34(21-19-33)47(44,45)41(32-16-14-28(4)15-17-32)26-36(42)40(25-30-12-9-13-31(38)22-30)35(37(43)39-24-27(2)3)23-29-10-7-6-8-11-29/h6-22,27,35H,5,23-26H2,1-4H3,(H,39,43)/t35-/m1/s1. The van der Waals surface area contributed by atoms with Gasteiger partial charge >= 0.3 is 0 Å². The van der Waals surface area contributed by atoms with Gasteiger partial charge in [0.1, 0.15) is 18.3 Å². The van der Waals surface area contributed by atoms with Crippen molar-refractivity contribution in [1.29, 1.82) is 0 Å². The molecule has 0 heterocycles. The van der Waals surface area contributed by atoms with Crippen LogP contribution in [0.1, 0.15) is 37.5 Å². The van der Waals surface area contributed by atoms with Crippen molar-refractivity contribution in [2.24, 2.45) is 5.92 Å².